The summed E-state index contributed by atoms with van der Waals surface area (Å²) in [6.45, 7) is 3.76. The molecule has 0 radical (unpaired) electrons. The van der Waals surface area contributed by atoms with E-state index in [2.05, 4.69) is 21.5 Å². The van der Waals surface area contributed by atoms with Crippen LogP contribution < -0.4 is 9.64 Å². The summed E-state index contributed by atoms with van der Waals surface area (Å²) in [4.78, 5) is 30.5. The van der Waals surface area contributed by atoms with Crippen LogP contribution in [-0.4, -0.2) is 88.7 Å². The lowest BCUT2D eigenvalue weighted by atomic mass is 10.0. The molecule has 2 aliphatic heterocycles. The number of nitriles is 1. The quantitative estimate of drug-likeness (QED) is 0.188. The van der Waals surface area contributed by atoms with E-state index in [4.69, 9.17) is 16.3 Å². The molecule has 3 atom stereocenters. The zero-order valence-electron chi connectivity index (χ0n) is 24.7. The molecule has 14 heteroatoms. The van der Waals surface area contributed by atoms with Crippen molar-refractivity contribution in [3.05, 3.63) is 65.6 Å². The van der Waals surface area contributed by atoms with Gasteiger partial charge in [-0.15, -0.1) is 0 Å². The number of hydrogen-bond donors (Lipinski definition) is 0. The number of aromatic nitrogens is 3. The van der Waals surface area contributed by atoms with Gasteiger partial charge in [0.15, 0.2) is 11.6 Å². The van der Waals surface area contributed by atoms with Crippen LogP contribution in [0.5, 0.6) is 6.01 Å². The number of alkyl halides is 1. The fraction of sp³-hybridized carbons (Fsp3) is 0.344. The van der Waals surface area contributed by atoms with E-state index in [0.29, 0.717) is 18.4 Å². The van der Waals surface area contributed by atoms with Crippen molar-refractivity contribution >= 4 is 45.0 Å². The van der Waals surface area contributed by atoms with Crippen molar-refractivity contribution in [2.24, 2.45) is 0 Å². The number of hydrogen-bond acceptors (Lipinski definition) is 8. The van der Waals surface area contributed by atoms with Crippen LogP contribution in [0.25, 0.3) is 32.9 Å². The van der Waals surface area contributed by atoms with Crippen LogP contribution in [0, 0.1) is 23.0 Å². The van der Waals surface area contributed by atoms with Gasteiger partial charge in [-0.3, -0.25) is 14.7 Å². The van der Waals surface area contributed by atoms with Gasteiger partial charge >= 0.3 is 6.01 Å². The molecule has 1 amide bonds. The molecular formula is C32H28ClF4N7O2. The van der Waals surface area contributed by atoms with Crippen LogP contribution in [0.4, 0.5) is 23.4 Å². The van der Waals surface area contributed by atoms with Gasteiger partial charge in [0.25, 0.3) is 5.91 Å². The standard InChI is InChI=1S/C32H28ClF4N7O2/c1-17(34)31(45)44-13-12-43(15-19(44)8-10-38)30-21-14-39-28(20-5-3-4-18-6-7-23(36)26(33)25(18)20)27(37)29(21)40-32(41-30)46-16-24-22(35)9-11-42(24)2/h3-7,14,19,22,24H,1,8-9,11-13,15-16H2,2H3/t19?,22-,24+/m1/s1. The Morgan fingerprint density at radius 1 is 1.20 bits per heavy atom. The average Bonchev–Trinajstić information content (AvgIpc) is 3.37. The molecule has 46 heavy (non-hydrogen) atoms. The summed E-state index contributed by atoms with van der Waals surface area (Å²) in [5.41, 5.74) is -0.0668. The van der Waals surface area contributed by atoms with E-state index in [-0.39, 0.29) is 77.1 Å². The highest BCUT2D eigenvalue weighted by Gasteiger charge is 2.35. The fourth-order valence-electron chi connectivity index (χ4n) is 6.13. The van der Waals surface area contributed by atoms with Gasteiger partial charge in [-0.2, -0.15) is 15.2 Å². The van der Waals surface area contributed by atoms with Crippen LogP contribution in [0.1, 0.15) is 12.8 Å². The lowest BCUT2D eigenvalue weighted by Gasteiger charge is -2.41. The first-order valence-corrected chi connectivity index (χ1v) is 14.9. The summed E-state index contributed by atoms with van der Waals surface area (Å²) < 4.78 is 65.3. The number of carbonyl (C=O) groups is 1. The number of ether oxygens (including phenoxy) is 1. The maximum absolute atomic E-state index is 16.6. The third kappa shape index (κ3) is 5.67. The molecule has 0 spiro atoms. The minimum atomic E-state index is -1.14. The van der Waals surface area contributed by atoms with E-state index in [0.717, 1.165) is 0 Å². The summed E-state index contributed by atoms with van der Waals surface area (Å²) in [6, 6.07) is 8.23. The number of halogens is 5. The van der Waals surface area contributed by atoms with Crippen LogP contribution in [-0.2, 0) is 4.79 Å². The molecule has 2 saturated heterocycles. The third-order valence-corrected chi connectivity index (χ3v) is 8.93. The van der Waals surface area contributed by atoms with Crippen LogP contribution >= 0.6 is 11.6 Å². The Kier molecular flexibility index (Phi) is 8.67. The predicted molar refractivity (Wildman–Crippen MR) is 165 cm³/mol. The number of likely N-dealkylation sites (tertiary alicyclic amines) is 1. The Bertz CT molecular complexity index is 1890. The summed E-state index contributed by atoms with van der Waals surface area (Å²) in [7, 11) is 1.78. The Morgan fingerprint density at radius 2 is 2.00 bits per heavy atom. The highest BCUT2D eigenvalue weighted by atomic mass is 35.5. The largest absolute Gasteiger partial charge is 0.462 e. The Morgan fingerprint density at radius 3 is 2.72 bits per heavy atom. The number of likely N-dealkylation sites (N-methyl/N-ethyl adjacent to an activating group) is 1. The first-order valence-electron chi connectivity index (χ1n) is 14.6. The molecular weight excluding hydrogens is 626 g/mol. The first-order chi connectivity index (χ1) is 22.1. The van der Waals surface area contributed by atoms with Gasteiger partial charge in [0.1, 0.15) is 35.6 Å². The molecule has 2 aromatic heterocycles. The lowest BCUT2D eigenvalue weighted by molar-refractivity contribution is -0.131. The Balaban J connectivity index is 1.47. The number of nitrogens with zero attached hydrogens (tertiary/aromatic N) is 7. The zero-order chi connectivity index (χ0) is 32.7. The normalized spacial score (nSPS) is 20.3. The van der Waals surface area contributed by atoms with Crippen molar-refractivity contribution in [2.75, 3.05) is 44.7 Å². The minimum absolute atomic E-state index is 0.0280. The average molecular weight is 654 g/mol. The summed E-state index contributed by atoms with van der Waals surface area (Å²) in [5.74, 6) is -3.38. The molecule has 4 aromatic rings. The SMILES string of the molecule is C=C(F)C(=O)N1CCN(c2nc(OC[C@H]3[C@H](F)CCN3C)nc3c(F)c(-c4cccc5ccc(F)c(Cl)c45)ncc23)CC1CC#N. The molecule has 2 aromatic carbocycles. The first kappa shape index (κ1) is 31.4. The molecule has 6 rings (SSSR count). The Hall–Kier alpha value is -4.54. The van der Waals surface area contributed by atoms with E-state index >= 15 is 4.39 Å². The number of piperazine rings is 1. The molecule has 4 heterocycles. The highest BCUT2D eigenvalue weighted by Crippen LogP contribution is 2.38. The molecule has 0 aliphatic carbocycles. The van der Waals surface area contributed by atoms with Gasteiger partial charge in [-0.25, -0.2) is 17.6 Å². The molecule has 2 fully saturated rings. The van der Waals surface area contributed by atoms with Crippen molar-refractivity contribution in [3.8, 4) is 23.3 Å². The van der Waals surface area contributed by atoms with Crippen molar-refractivity contribution in [1.82, 2.24) is 24.8 Å². The summed E-state index contributed by atoms with van der Waals surface area (Å²) in [6.07, 6.45) is 0.488. The number of benzene rings is 2. The summed E-state index contributed by atoms with van der Waals surface area (Å²) >= 11 is 6.33. The number of carbonyl (C=O) groups excluding carboxylic acids is 1. The molecule has 2 aliphatic rings. The van der Waals surface area contributed by atoms with E-state index in [1.807, 2.05) is 11.0 Å². The second-order valence-corrected chi connectivity index (χ2v) is 11.7. The van der Waals surface area contributed by atoms with Crippen molar-refractivity contribution in [1.29, 1.82) is 5.26 Å². The lowest BCUT2D eigenvalue weighted by Crippen LogP contribution is -2.55. The maximum Gasteiger partial charge on any atom is 0.319 e. The van der Waals surface area contributed by atoms with Crippen molar-refractivity contribution in [2.45, 2.75) is 31.1 Å². The van der Waals surface area contributed by atoms with Gasteiger partial charge < -0.3 is 14.5 Å². The topological polar surface area (TPSA) is 98.5 Å². The van der Waals surface area contributed by atoms with E-state index in [9.17, 15) is 23.2 Å². The second kappa shape index (κ2) is 12.7. The van der Waals surface area contributed by atoms with Gasteiger partial charge in [0, 0.05) is 43.3 Å². The predicted octanol–water partition coefficient (Wildman–Crippen LogP) is 5.61. The third-order valence-electron chi connectivity index (χ3n) is 8.56. The number of pyridine rings is 1. The van der Waals surface area contributed by atoms with Crippen LogP contribution in [0.3, 0.4) is 0 Å². The number of fused-ring (bicyclic) bond motifs is 2. The number of rotatable bonds is 7. The molecule has 238 valence electrons. The van der Waals surface area contributed by atoms with Crippen molar-refractivity contribution in [3.63, 3.8) is 0 Å². The Labute approximate surface area is 266 Å². The van der Waals surface area contributed by atoms with E-state index in [1.54, 1.807) is 30.1 Å². The van der Waals surface area contributed by atoms with E-state index < -0.39 is 41.6 Å². The molecule has 9 nitrogen and oxygen atoms in total. The van der Waals surface area contributed by atoms with Crippen molar-refractivity contribution < 1.29 is 27.1 Å². The minimum Gasteiger partial charge on any atom is -0.462 e. The van der Waals surface area contributed by atoms with E-state index in [1.165, 1.54) is 23.2 Å². The summed E-state index contributed by atoms with van der Waals surface area (Å²) in [5, 5.41) is 10.3. The van der Waals surface area contributed by atoms with Crippen LogP contribution in [0.2, 0.25) is 5.02 Å². The zero-order valence-corrected chi connectivity index (χ0v) is 25.4. The van der Waals surface area contributed by atoms with Crippen LogP contribution in [0.15, 0.2) is 48.9 Å². The molecule has 0 bridgehead atoms. The monoisotopic (exact) mass is 653 g/mol. The van der Waals surface area contributed by atoms with Gasteiger partial charge in [-0.05, 0) is 24.9 Å². The van der Waals surface area contributed by atoms with Gasteiger partial charge in [0.05, 0.1) is 35.0 Å². The van der Waals surface area contributed by atoms with Gasteiger partial charge in [0.2, 0.25) is 0 Å². The van der Waals surface area contributed by atoms with Gasteiger partial charge in [-0.1, -0.05) is 42.4 Å². The number of amides is 1. The number of anilines is 1. The molecule has 0 N–H and O–H groups in total. The molecule has 1 unspecified atom stereocenters. The smallest absolute Gasteiger partial charge is 0.319 e. The maximum atomic E-state index is 16.6. The fourth-order valence-corrected chi connectivity index (χ4v) is 6.40. The molecule has 0 saturated carbocycles. The highest BCUT2D eigenvalue weighted by molar-refractivity contribution is 6.36. The second-order valence-electron chi connectivity index (χ2n) is 11.3.